The molecule has 2 aromatic rings. The zero-order chi connectivity index (χ0) is 21.1. The molecule has 30 heavy (non-hydrogen) atoms. The van der Waals surface area contributed by atoms with Gasteiger partial charge in [0, 0.05) is 18.2 Å². The van der Waals surface area contributed by atoms with Gasteiger partial charge in [-0.2, -0.15) is 0 Å². The van der Waals surface area contributed by atoms with Crippen LogP contribution in [0.2, 0.25) is 0 Å². The second-order valence-corrected chi connectivity index (χ2v) is 8.60. The summed E-state index contributed by atoms with van der Waals surface area (Å²) in [6, 6.07) is 9.39. The molecule has 1 aliphatic carbocycles. The summed E-state index contributed by atoms with van der Waals surface area (Å²) < 4.78 is 1.57. The summed E-state index contributed by atoms with van der Waals surface area (Å²) in [5.74, 6) is -0.152. The van der Waals surface area contributed by atoms with Crippen molar-refractivity contribution in [2.75, 3.05) is 18.0 Å². The molecule has 1 saturated carbocycles. The van der Waals surface area contributed by atoms with Crippen molar-refractivity contribution in [1.29, 1.82) is 0 Å². The molecule has 2 N–H and O–H groups in total. The smallest absolute Gasteiger partial charge is 0.341 e. The normalized spacial score (nSPS) is 22.6. The lowest BCUT2D eigenvalue weighted by molar-refractivity contribution is -0.124. The molecule has 2 aliphatic rings. The van der Waals surface area contributed by atoms with Crippen molar-refractivity contribution < 1.29 is 14.7 Å². The monoisotopic (exact) mass is 410 g/mol. The van der Waals surface area contributed by atoms with Crippen molar-refractivity contribution in [3.63, 3.8) is 0 Å². The lowest BCUT2D eigenvalue weighted by Crippen LogP contribution is -2.49. The number of piperidine rings is 1. The Morgan fingerprint density at radius 3 is 2.37 bits per heavy atom. The molecule has 1 saturated heterocycles. The molecule has 1 aliphatic heterocycles. The molecule has 0 radical (unpaired) electrons. The van der Waals surface area contributed by atoms with E-state index in [9.17, 15) is 14.7 Å². The third kappa shape index (κ3) is 4.26. The van der Waals surface area contributed by atoms with Crippen molar-refractivity contribution in [2.45, 2.75) is 51.5 Å². The predicted molar refractivity (Wildman–Crippen MR) is 115 cm³/mol. The highest BCUT2D eigenvalue weighted by molar-refractivity contribution is 6.02. The summed E-state index contributed by atoms with van der Waals surface area (Å²) >= 11 is 0. The summed E-state index contributed by atoms with van der Waals surface area (Å²) in [5.41, 5.74) is 0.852. The Labute approximate surface area is 177 Å². The predicted octanol–water partition coefficient (Wildman–Crippen LogP) is 3.48. The number of carboxylic acids is 1. The van der Waals surface area contributed by atoms with Gasteiger partial charge in [-0.1, -0.05) is 25.1 Å². The molecule has 1 aromatic heterocycles. The minimum Gasteiger partial charge on any atom is -0.477 e. The number of carboxylic acid groups (broad SMARTS) is 1. The fourth-order valence-corrected chi connectivity index (χ4v) is 4.63. The van der Waals surface area contributed by atoms with Crippen LogP contribution >= 0.6 is 0 Å². The van der Waals surface area contributed by atoms with Gasteiger partial charge in [0.1, 0.15) is 5.56 Å². The maximum absolute atomic E-state index is 13.7. The number of rotatable bonds is 5. The minimum atomic E-state index is -1.06. The number of anilines is 1. The summed E-state index contributed by atoms with van der Waals surface area (Å²) in [6.45, 7) is 3.87. The van der Waals surface area contributed by atoms with Gasteiger partial charge in [-0.15, -0.1) is 5.10 Å². The lowest BCUT2D eigenvalue weighted by Gasteiger charge is -2.37. The molecule has 0 bridgehead atoms. The molecule has 1 aromatic carbocycles. The fourth-order valence-electron chi connectivity index (χ4n) is 4.63. The van der Waals surface area contributed by atoms with Gasteiger partial charge < -0.3 is 10.4 Å². The van der Waals surface area contributed by atoms with E-state index in [1.165, 1.54) is 6.20 Å². The van der Waals surface area contributed by atoms with Gasteiger partial charge >= 0.3 is 5.97 Å². The maximum Gasteiger partial charge on any atom is 0.341 e. The molecule has 160 valence electrons. The van der Waals surface area contributed by atoms with Gasteiger partial charge in [-0.25, -0.2) is 9.48 Å². The molecule has 4 rings (SSSR count). The first-order chi connectivity index (χ1) is 14.5. The van der Waals surface area contributed by atoms with Gasteiger partial charge in [0.2, 0.25) is 5.91 Å². The molecule has 0 spiro atoms. The third-order valence-corrected chi connectivity index (χ3v) is 6.45. The number of nitrogens with one attached hydrogen (secondary N) is 1. The van der Waals surface area contributed by atoms with Crippen LogP contribution in [0, 0.1) is 11.8 Å². The van der Waals surface area contributed by atoms with Gasteiger partial charge in [-0.3, -0.25) is 9.69 Å². The summed E-state index contributed by atoms with van der Waals surface area (Å²) in [6.07, 6.45) is 6.93. The molecular formula is C23H30N4O3. The van der Waals surface area contributed by atoms with Crippen LogP contribution in [0.5, 0.6) is 0 Å². The number of carbonyl (C=O) groups is 2. The van der Waals surface area contributed by atoms with Gasteiger partial charge in [0.05, 0.1) is 5.69 Å². The number of nitrogens with zero attached hydrogens (tertiary/aromatic N) is 3. The largest absolute Gasteiger partial charge is 0.477 e. The first kappa shape index (κ1) is 20.6. The van der Waals surface area contributed by atoms with Crippen LogP contribution in [0.25, 0.3) is 5.69 Å². The van der Waals surface area contributed by atoms with Crippen molar-refractivity contribution in [1.82, 2.24) is 15.1 Å². The number of para-hydroxylation sites is 1. The van der Waals surface area contributed by atoms with Crippen LogP contribution in [0.15, 0.2) is 36.5 Å². The highest BCUT2D eigenvalue weighted by atomic mass is 16.4. The van der Waals surface area contributed by atoms with Crippen LogP contribution in [-0.2, 0) is 4.79 Å². The third-order valence-electron chi connectivity index (χ3n) is 6.45. The van der Waals surface area contributed by atoms with E-state index in [1.807, 2.05) is 30.3 Å². The molecule has 0 unspecified atom stereocenters. The van der Waals surface area contributed by atoms with E-state index in [-0.39, 0.29) is 29.2 Å². The zero-order valence-corrected chi connectivity index (χ0v) is 17.5. The Kier molecular flexibility index (Phi) is 6.18. The van der Waals surface area contributed by atoms with Crippen molar-refractivity contribution in [2.24, 2.45) is 11.8 Å². The van der Waals surface area contributed by atoms with Crippen molar-refractivity contribution in [3.8, 4) is 5.69 Å². The van der Waals surface area contributed by atoms with E-state index in [4.69, 9.17) is 0 Å². The molecule has 0 atom stereocenters. The Balaban J connectivity index is 1.73. The minimum absolute atomic E-state index is 0.0321. The highest BCUT2D eigenvalue weighted by Crippen LogP contribution is 2.34. The van der Waals surface area contributed by atoms with Crippen molar-refractivity contribution in [3.05, 3.63) is 42.1 Å². The summed E-state index contributed by atoms with van der Waals surface area (Å²) in [4.78, 5) is 27.5. The maximum atomic E-state index is 13.7. The second kappa shape index (κ2) is 9.00. The Hall–Kier alpha value is -2.67. The van der Waals surface area contributed by atoms with Gasteiger partial charge in [0.25, 0.3) is 0 Å². The molecule has 7 heteroatoms. The molecule has 1 amide bonds. The molecule has 2 fully saturated rings. The van der Waals surface area contributed by atoms with E-state index in [0.717, 1.165) is 57.3 Å². The quantitative estimate of drug-likeness (QED) is 0.788. The second-order valence-electron chi connectivity index (χ2n) is 8.60. The van der Waals surface area contributed by atoms with Gasteiger partial charge in [0.15, 0.2) is 5.82 Å². The van der Waals surface area contributed by atoms with Crippen LogP contribution < -0.4 is 10.2 Å². The highest BCUT2D eigenvalue weighted by Gasteiger charge is 2.37. The Morgan fingerprint density at radius 2 is 1.73 bits per heavy atom. The fraction of sp³-hybridized carbons (Fsp3) is 0.522. The number of aromatic nitrogens is 2. The Bertz CT molecular complexity index is 881. The van der Waals surface area contributed by atoms with E-state index in [0.29, 0.717) is 5.92 Å². The topological polar surface area (TPSA) is 87.5 Å². The van der Waals surface area contributed by atoms with Crippen LogP contribution in [0.3, 0.4) is 0 Å². The lowest BCUT2D eigenvalue weighted by atomic mass is 9.82. The van der Waals surface area contributed by atoms with Crippen molar-refractivity contribution >= 4 is 17.7 Å². The molecular weight excluding hydrogens is 380 g/mol. The Morgan fingerprint density at radius 1 is 1.07 bits per heavy atom. The first-order valence-electron chi connectivity index (χ1n) is 11.0. The van der Waals surface area contributed by atoms with Gasteiger partial charge in [-0.05, 0) is 69.7 Å². The number of carbonyl (C=O) groups excluding carboxylic acids is 1. The molecule has 2 heterocycles. The van der Waals surface area contributed by atoms with Crippen LogP contribution in [-0.4, -0.2) is 45.9 Å². The number of hydrogen-bond donors (Lipinski definition) is 2. The first-order valence-corrected chi connectivity index (χ1v) is 11.0. The van der Waals surface area contributed by atoms with E-state index < -0.39 is 5.97 Å². The van der Waals surface area contributed by atoms with Crippen LogP contribution in [0.4, 0.5) is 5.82 Å². The molecule has 7 nitrogen and oxygen atoms in total. The zero-order valence-electron chi connectivity index (χ0n) is 17.5. The van der Waals surface area contributed by atoms with E-state index in [2.05, 4.69) is 17.3 Å². The average molecular weight is 411 g/mol. The van der Waals surface area contributed by atoms with Crippen LogP contribution in [0.1, 0.15) is 55.8 Å². The summed E-state index contributed by atoms with van der Waals surface area (Å²) in [5, 5.41) is 17.9. The summed E-state index contributed by atoms with van der Waals surface area (Å²) in [7, 11) is 0. The van der Waals surface area contributed by atoms with E-state index in [1.54, 1.807) is 9.58 Å². The number of aromatic carboxylic acids is 1. The number of amides is 1. The SMILES string of the molecule is CC1CCC(C(=O)N(c2nn(-c3ccccc3)cc2C(=O)O)C2CCNCC2)CC1. The number of hydrogen-bond acceptors (Lipinski definition) is 4. The average Bonchev–Trinajstić information content (AvgIpc) is 3.21. The standard InChI is InChI=1S/C23H30N4O3/c1-16-7-9-17(10-8-16)22(28)27(19-11-13-24-14-12-19)21-20(23(29)30)15-26(25-21)18-5-3-2-4-6-18/h2-6,15-17,19,24H,7-14H2,1H3,(H,29,30). The van der Waals surface area contributed by atoms with E-state index >= 15 is 0 Å². The number of benzene rings is 1.